The molecule has 1 heterocycles. The van der Waals surface area contributed by atoms with Crippen molar-refractivity contribution in [3.63, 3.8) is 0 Å². The van der Waals surface area contributed by atoms with Gasteiger partial charge in [0.2, 0.25) is 6.79 Å². The van der Waals surface area contributed by atoms with Crippen molar-refractivity contribution < 1.29 is 19.4 Å². The fourth-order valence-electron chi connectivity index (χ4n) is 2.77. The Bertz CT molecular complexity index is 721. The molecule has 1 aliphatic rings. The molecule has 0 bridgehead atoms. The van der Waals surface area contributed by atoms with Gasteiger partial charge in [-0.2, -0.15) is 0 Å². The first-order valence-corrected chi connectivity index (χ1v) is 7.23. The van der Waals surface area contributed by atoms with Gasteiger partial charge in [-0.1, -0.05) is 29.8 Å². The third-order valence-corrected chi connectivity index (χ3v) is 3.99. The van der Waals surface area contributed by atoms with Crippen molar-refractivity contribution >= 4 is 5.97 Å². The van der Waals surface area contributed by atoms with E-state index in [1.807, 2.05) is 50.2 Å². The number of aryl methyl sites for hydroxylation is 2. The second-order valence-corrected chi connectivity index (χ2v) is 5.64. The van der Waals surface area contributed by atoms with Crippen LogP contribution in [0.25, 0.3) is 0 Å². The standard InChI is InChI=1S/C18H18O4/c1-11-3-4-12(2)14(7-11)15(18(19)20)8-13-5-6-16-17(9-13)22-10-21-16/h3-7,9,15H,8,10H2,1-2H3,(H,19,20). The summed E-state index contributed by atoms with van der Waals surface area (Å²) in [6, 6.07) is 11.5. The molecule has 0 radical (unpaired) electrons. The molecule has 4 nitrogen and oxygen atoms in total. The Morgan fingerprint density at radius 3 is 2.68 bits per heavy atom. The van der Waals surface area contributed by atoms with Crippen LogP contribution in [0.15, 0.2) is 36.4 Å². The number of benzene rings is 2. The maximum absolute atomic E-state index is 11.7. The quantitative estimate of drug-likeness (QED) is 0.939. The topological polar surface area (TPSA) is 55.8 Å². The number of hydrogen-bond donors (Lipinski definition) is 1. The molecule has 0 amide bonds. The number of ether oxygens (including phenoxy) is 2. The molecule has 1 aliphatic heterocycles. The van der Waals surface area contributed by atoms with Crippen LogP contribution in [0.5, 0.6) is 11.5 Å². The van der Waals surface area contributed by atoms with Crippen LogP contribution in [-0.2, 0) is 11.2 Å². The van der Waals surface area contributed by atoms with E-state index in [1.54, 1.807) is 0 Å². The molecule has 0 aromatic heterocycles. The fourth-order valence-corrected chi connectivity index (χ4v) is 2.77. The van der Waals surface area contributed by atoms with Gasteiger partial charge in [-0.15, -0.1) is 0 Å². The zero-order chi connectivity index (χ0) is 15.7. The Morgan fingerprint density at radius 2 is 1.91 bits per heavy atom. The Hall–Kier alpha value is -2.49. The first-order valence-electron chi connectivity index (χ1n) is 7.23. The van der Waals surface area contributed by atoms with Crippen LogP contribution in [0, 0.1) is 13.8 Å². The van der Waals surface area contributed by atoms with Crippen molar-refractivity contribution in [3.8, 4) is 11.5 Å². The van der Waals surface area contributed by atoms with Crippen molar-refractivity contribution in [2.24, 2.45) is 0 Å². The molecule has 0 fully saturated rings. The van der Waals surface area contributed by atoms with E-state index in [1.165, 1.54) is 0 Å². The lowest BCUT2D eigenvalue weighted by atomic mass is 9.88. The minimum Gasteiger partial charge on any atom is -0.481 e. The Balaban J connectivity index is 1.92. The van der Waals surface area contributed by atoms with E-state index >= 15 is 0 Å². The van der Waals surface area contributed by atoms with E-state index in [9.17, 15) is 9.90 Å². The number of fused-ring (bicyclic) bond motifs is 1. The van der Waals surface area contributed by atoms with Crippen molar-refractivity contribution in [1.29, 1.82) is 0 Å². The highest BCUT2D eigenvalue weighted by Gasteiger charge is 2.23. The largest absolute Gasteiger partial charge is 0.481 e. The summed E-state index contributed by atoms with van der Waals surface area (Å²) in [5.74, 6) is 0.0107. The van der Waals surface area contributed by atoms with Crippen molar-refractivity contribution in [3.05, 3.63) is 58.7 Å². The van der Waals surface area contributed by atoms with E-state index in [-0.39, 0.29) is 6.79 Å². The summed E-state index contributed by atoms with van der Waals surface area (Å²) in [6.45, 7) is 4.14. The van der Waals surface area contributed by atoms with Gasteiger partial charge in [-0.3, -0.25) is 4.79 Å². The number of rotatable bonds is 4. The number of hydrogen-bond acceptors (Lipinski definition) is 3. The summed E-state index contributed by atoms with van der Waals surface area (Å²) in [6.07, 6.45) is 0.427. The van der Waals surface area contributed by atoms with Gasteiger partial charge in [-0.05, 0) is 49.1 Å². The Labute approximate surface area is 129 Å². The first kappa shape index (κ1) is 14.4. The third kappa shape index (κ3) is 2.77. The lowest BCUT2D eigenvalue weighted by Gasteiger charge is -2.16. The van der Waals surface area contributed by atoms with Gasteiger partial charge in [0.05, 0.1) is 5.92 Å². The predicted octanol–water partition coefficient (Wildman–Crippen LogP) is 3.44. The Morgan fingerprint density at radius 1 is 1.14 bits per heavy atom. The van der Waals surface area contributed by atoms with Crippen LogP contribution in [0.3, 0.4) is 0 Å². The van der Waals surface area contributed by atoms with Gasteiger partial charge < -0.3 is 14.6 Å². The fraction of sp³-hybridized carbons (Fsp3) is 0.278. The molecule has 0 saturated carbocycles. The van der Waals surface area contributed by atoms with E-state index in [0.717, 1.165) is 22.3 Å². The monoisotopic (exact) mass is 298 g/mol. The molecule has 2 aromatic carbocycles. The smallest absolute Gasteiger partial charge is 0.311 e. The van der Waals surface area contributed by atoms with Crippen LogP contribution in [0.4, 0.5) is 0 Å². The summed E-state index contributed by atoms with van der Waals surface area (Å²) >= 11 is 0. The average molecular weight is 298 g/mol. The first-order chi connectivity index (χ1) is 10.5. The molecule has 4 heteroatoms. The SMILES string of the molecule is Cc1ccc(C)c(C(Cc2ccc3c(c2)OCO3)C(=O)O)c1. The average Bonchev–Trinajstić information content (AvgIpc) is 2.95. The second kappa shape index (κ2) is 5.72. The zero-order valence-electron chi connectivity index (χ0n) is 12.6. The molecule has 1 N–H and O–H groups in total. The second-order valence-electron chi connectivity index (χ2n) is 5.64. The molecular formula is C18H18O4. The minimum absolute atomic E-state index is 0.220. The number of aliphatic carboxylic acids is 1. The highest BCUT2D eigenvalue weighted by molar-refractivity contribution is 5.77. The predicted molar refractivity (Wildman–Crippen MR) is 82.6 cm³/mol. The van der Waals surface area contributed by atoms with Gasteiger partial charge in [0.15, 0.2) is 11.5 Å². The van der Waals surface area contributed by atoms with Gasteiger partial charge in [0, 0.05) is 0 Å². The summed E-state index contributed by atoms with van der Waals surface area (Å²) in [4.78, 5) is 11.7. The molecule has 3 rings (SSSR count). The van der Waals surface area contributed by atoms with Gasteiger partial charge >= 0.3 is 5.97 Å². The number of carboxylic acids is 1. The lowest BCUT2D eigenvalue weighted by Crippen LogP contribution is -2.16. The van der Waals surface area contributed by atoms with Gasteiger partial charge in [0.1, 0.15) is 0 Å². The van der Waals surface area contributed by atoms with Crippen LogP contribution in [0.1, 0.15) is 28.2 Å². The molecule has 0 saturated heterocycles. The Kier molecular flexibility index (Phi) is 3.75. The lowest BCUT2D eigenvalue weighted by molar-refractivity contribution is -0.138. The molecule has 114 valence electrons. The van der Waals surface area contributed by atoms with E-state index in [2.05, 4.69) is 0 Å². The summed E-state index contributed by atoms with van der Waals surface area (Å²) in [5, 5.41) is 9.64. The van der Waals surface area contributed by atoms with Crippen LogP contribution < -0.4 is 9.47 Å². The number of carboxylic acid groups (broad SMARTS) is 1. The third-order valence-electron chi connectivity index (χ3n) is 3.99. The van der Waals surface area contributed by atoms with E-state index in [0.29, 0.717) is 17.9 Å². The molecular weight excluding hydrogens is 280 g/mol. The summed E-state index contributed by atoms with van der Waals surface area (Å²) in [5.41, 5.74) is 3.86. The molecule has 0 spiro atoms. The maximum atomic E-state index is 11.7. The summed E-state index contributed by atoms with van der Waals surface area (Å²) in [7, 11) is 0. The highest BCUT2D eigenvalue weighted by Crippen LogP contribution is 2.34. The maximum Gasteiger partial charge on any atom is 0.311 e. The normalized spacial score (nSPS) is 13.9. The van der Waals surface area contributed by atoms with Crippen molar-refractivity contribution in [2.75, 3.05) is 6.79 Å². The highest BCUT2D eigenvalue weighted by atomic mass is 16.7. The number of carbonyl (C=O) groups is 1. The molecule has 2 aromatic rings. The zero-order valence-corrected chi connectivity index (χ0v) is 12.6. The summed E-state index contributed by atoms with van der Waals surface area (Å²) < 4.78 is 10.6. The van der Waals surface area contributed by atoms with E-state index in [4.69, 9.17) is 9.47 Å². The molecule has 1 atom stereocenters. The minimum atomic E-state index is -0.814. The molecule has 0 aliphatic carbocycles. The van der Waals surface area contributed by atoms with Crippen LogP contribution >= 0.6 is 0 Å². The van der Waals surface area contributed by atoms with Crippen LogP contribution in [0.2, 0.25) is 0 Å². The molecule has 22 heavy (non-hydrogen) atoms. The van der Waals surface area contributed by atoms with Crippen LogP contribution in [-0.4, -0.2) is 17.9 Å². The van der Waals surface area contributed by atoms with Gasteiger partial charge in [-0.25, -0.2) is 0 Å². The van der Waals surface area contributed by atoms with E-state index < -0.39 is 11.9 Å². The van der Waals surface area contributed by atoms with Crippen molar-refractivity contribution in [1.82, 2.24) is 0 Å². The van der Waals surface area contributed by atoms with Gasteiger partial charge in [0.25, 0.3) is 0 Å². The molecule has 1 unspecified atom stereocenters. The van der Waals surface area contributed by atoms with Crippen molar-refractivity contribution in [2.45, 2.75) is 26.2 Å².